The van der Waals surface area contributed by atoms with Crippen molar-refractivity contribution in [3.05, 3.63) is 42.5 Å². The van der Waals surface area contributed by atoms with Gasteiger partial charge >= 0.3 is 0 Å². The SMILES string of the molecule is C/C(C#N)=N\Nc1ccc2oc3ccccc3c2c1. The van der Waals surface area contributed by atoms with Crippen LogP contribution in [0.3, 0.4) is 0 Å². The minimum absolute atomic E-state index is 0.386. The first-order valence-corrected chi connectivity index (χ1v) is 5.89. The van der Waals surface area contributed by atoms with Crippen LogP contribution in [-0.4, -0.2) is 5.71 Å². The van der Waals surface area contributed by atoms with Crippen LogP contribution in [0.15, 0.2) is 52.0 Å². The van der Waals surface area contributed by atoms with Crippen LogP contribution in [0.5, 0.6) is 0 Å². The Kier molecular flexibility index (Phi) is 2.66. The van der Waals surface area contributed by atoms with E-state index in [1.165, 1.54) is 0 Å². The number of fused-ring (bicyclic) bond motifs is 3. The quantitative estimate of drug-likeness (QED) is 0.553. The molecule has 0 aliphatic rings. The van der Waals surface area contributed by atoms with Crippen molar-refractivity contribution in [2.75, 3.05) is 5.43 Å². The summed E-state index contributed by atoms with van der Waals surface area (Å²) in [5.74, 6) is 0. The number of para-hydroxylation sites is 1. The Labute approximate surface area is 109 Å². The Morgan fingerprint density at radius 2 is 1.95 bits per heavy atom. The highest BCUT2D eigenvalue weighted by atomic mass is 16.3. The van der Waals surface area contributed by atoms with E-state index in [1.54, 1.807) is 6.92 Å². The maximum absolute atomic E-state index is 8.66. The number of rotatable bonds is 2. The van der Waals surface area contributed by atoms with Crippen LogP contribution in [0, 0.1) is 11.3 Å². The molecule has 1 aromatic heterocycles. The van der Waals surface area contributed by atoms with E-state index in [2.05, 4.69) is 10.5 Å². The van der Waals surface area contributed by atoms with Crippen molar-refractivity contribution >= 4 is 33.3 Å². The summed E-state index contributed by atoms with van der Waals surface area (Å²) in [4.78, 5) is 0. The lowest BCUT2D eigenvalue weighted by molar-refractivity contribution is 0.669. The lowest BCUT2D eigenvalue weighted by Crippen LogP contribution is -1.93. The van der Waals surface area contributed by atoms with E-state index in [0.29, 0.717) is 5.71 Å². The molecule has 4 nitrogen and oxygen atoms in total. The van der Waals surface area contributed by atoms with E-state index < -0.39 is 0 Å². The summed E-state index contributed by atoms with van der Waals surface area (Å²) in [5, 5.41) is 14.7. The average Bonchev–Trinajstić information content (AvgIpc) is 2.82. The molecule has 0 radical (unpaired) electrons. The first-order valence-electron chi connectivity index (χ1n) is 5.89. The van der Waals surface area contributed by atoms with Crippen LogP contribution in [0.25, 0.3) is 21.9 Å². The summed E-state index contributed by atoms with van der Waals surface area (Å²) < 4.78 is 5.74. The molecule has 0 saturated carbocycles. The molecule has 0 unspecified atom stereocenters. The molecular formula is C15H11N3O. The van der Waals surface area contributed by atoms with Gasteiger partial charge in [-0.2, -0.15) is 10.4 Å². The molecule has 1 N–H and O–H groups in total. The molecule has 0 amide bonds. The summed E-state index contributed by atoms with van der Waals surface area (Å²) in [6.07, 6.45) is 0. The van der Waals surface area contributed by atoms with Gasteiger partial charge in [0.2, 0.25) is 0 Å². The molecule has 0 atom stereocenters. The first kappa shape index (κ1) is 11.3. The number of nitrogens with zero attached hydrogens (tertiary/aromatic N) is 2. The first-order chi connectivity index (χ1) is 9.28. The van der Waals surface area contributed by atoms with Crippen molar-refractivity contribution in [1.29, 1.82) is 5.26 Å². The van der Waals surface area contributed by atoms with Crippen LogP contribution >= 0.6 is 0 Å². The van der Waals surface area contributed by atoms with Crippen LogP contribution in [0.4, 0.5) is 5.69 Å². The molecule has 1 heterocycles. The van der Waals surface area contributed by atoms with Gasteiger partial charge in [0.1, 0.15) is 22.9 Å². The van der Waals surface area contributed by atoms with E-state index in [-0.39, 0.29) is 0 Å². The van der Waals surface area contributed by atoms with Crippen molar-refractivity contribution in [2.24, 2.45) is 5.10 Å². The van der Waals surface area contributed by atoms with Gasteiger partial charge in [-0.05, 0) is 31.2 Å². The lowest BCUT2D eigenvalue weighted by Gasteiger charge is -1.99. The van der Waals surface area contributed by atoms with E-state index in [4.69, 9.17) is 9.68 Å². The number of nitriles is 1. The zero-order chi connectivity index (χ0) is 13.2. The minimum atomic E-state index is 0.386. The fraction of sp³-hybridized carbons (Fsp3) is 0.0667. The summed E-state index contributed by atoms with van der Waals surface area (Å²) in [6.45, 7) is 1.65. The van der Waals surface area contributed by atoms with Crippen LogP contribution in [0.1, 0.15) is 6.92 Å². The number of anilines is 1. The summed E-state index contributed by atoms with van der Waals surface area (Å²) in [6, 6.07) is 15.6. The van der Waals surface area contributed by atoms with Crippen molar-refractivity contribution in [3.8, 4) is 6.07 Å². The molecule has 0 fully saturated rings. The van der Waals surface area contributed by atoms with Gasteiger partial charge in [0, 0.05) is 10.8 Å². The number of hydrogen-bond acceptors (Lipinski definition) is 4. The van der Waals surface area contributed by atoms with Crippen LogP contribution in [0.2, 0.25) is 0 Å². The fourth-order valence-electron chi connectivity index (χ4n) is 1.97. The molecule has 19 heavy (non-hydrogen) atoms. The molecule has 2 aromatic carbocycles. The van der Waals surface area contributed by atoms with Crippen molar-refractivity contribution in [2.45, 2.75) is 6.92 Å². The van der Waals surface area contributed by atoms with Gasteiger partial charge in [0.25, 0.3) is 0 Å². The maximum Gasteiger partial charge on any atom is 0.135 e. The van der Waals surface area contributed by atoms with E-state index >= 15 is 0 Å². The molecule has 0 spiro atoms. The third-order valence-corrected chi connectivity index (χ3v) is 2.89. The average molecular weight is 249 g/mol. The maximum atomic E-state index is 8.66. The highest BCUT2D eigenvalue weighted by Crippen LogP contribution is 2.30. The predicted molar refractivity (Wildman–Crippen MR) is 76.1 cm³/mol. The Bertz CT molecular complexity index is 824. The molecule has 3 rings (SSSR count). The smallest absolute Gasteiger partial charge is 0.135 e. The molecule has 92 valence electrons. The zero-order valence-electron chi connectivity index (χ0n) is 10.3. The highest BCUT2D eigenvalue weighted by Gasteiger charge is 2.06. The monoisotopic (exact) mass is 249 g/mol. The van der Waals surface area contributed by atoms with Gasteiger partial charge in [-0.3, -0.25) is 5.43 Å². The van der Waals surface area contributed by atoms with Crippen molar-refractivity contribution in [3.63, 3.8) is 0 Å². The fourth-order valence-corrected chi connectivity index (χ4v) is 1.97. The van der Waals surface area contributed by atoms with Gasteiger partial charge in [-0.1, -0.05) is 18.2 Å². The number of furan rings is 1. The van der Waals surface area contributed by atoms with Crippen LogP contribution < -0.4 is 5.43 Å². The lowest BCUT2D eigenvalue weighted by atomic mass is 10.1. The summed E-state index contributed by atoms with van der Waals surface area (Å²) in [7, 11) is 0. The minimum Gasteiger partial charge on any atom is -0.456 e. The van der Waals surface area contributed by atoms with Gasteiger partial charge in [0.05, 0.1) is 5.69 Å². The predicted octanol–water partition coefficient (Wildman–Crippen LogP) is 3.90. The van der Waals surface area contributed by atoms with Crippen molar-refractivity contribution in [1.82, 2.24) is 0 Å². The number of nitrogens with one attached hydrogen (secondary N) is 1. The Balaban J connectivity index is 2.10. The highest BCUT2D eigenvalue weighted by molar-refractivity contribution is 6.06. The summed E-state index contributed by atoms with van der Waals surface area (Å²) >= 11 is 0. The molecule has 3 aromatic rings. The molecular weight excluding hydrogens is 238 g/mol. The largest absolute Gasteiger partial charge is 0.456 e. The van der Waals surface area contributed by atoms with Gasteiger partial charge < -0.3 is 4.42 Å². The second-order valence-electron chi connectivity index (χ2n) is 4.23. The topological polar surface area (TPSA) is 61.3 Å². The molecule has 0 bridgehead atoms. The number of hydrazone groups is 1. The molecule has 4 heteroatoms. The van der Waals surface area contributed by atoms with Gasteiger partial charge in [-0.25, -0.2) is 0 Å². The molecule has 0 aliphatic carbocycles. The van der Waals surface area contributed by atoms with E-state index in [1.807, 2.05) is 48.5 Å². The Morgan fingerprint density at radius 1 is 1.16 bits per heavy atom. The van der Waals surface area contributed by atoms with Gasteiger partial charge in [0.15, 0.2) is 0 Å². The summed E-state index contributed by atoms with van der Waals surface area (Å²) in [5.41, 5.74) is 5.79. The van der Waals surface area contributed by atoms with E-state index in [9.17, 15) is 0 Å². The number of hydrogen-bond donors (Lipinski definition) is 1. The third kappa shape index (κ3) is 2.02. The van der Waals surface area contributed by atoms with Crippen molar-refractivity contribution < 1.29 is 4.42 Å². The zero-order valence-corrected chi connectivity index (χ0v) is 10.3. The molecule has 0 saturated heterocycles. The Morgan fingerprint density at radius 3 is 2.79 bits per heavy atom. The second-order valence-corrected chi connectivity index (χ2v) is 4.23. The van der Waals surface area contributed by atoms with E-state index in [0.717, 1.165) is 27.6 Å². The second kappa shape index (κ2) is 4.46. The number of benzene rings is 2. The van der Waals surface area contributed by atoms with Crippen LogP contribution in [-0.2, 0) is 0 Å². The Hall–Kier alpha value is -2.80. The normalized spacial score (nSPS) is 11.7. The molecule has 0 aliphatic heterocycles. The standard InChI is InChI=1S/C15H11N3O/c1-10(9-16)17-18-11-6-7-15-13(8-11)12-4-2-3-5-14(12)19-15/h2-8,18H,1H3/b17-10+. The van der Waals surface area contributed by atoms with Gasteiger partial charge in [-0.15, -0.1) is 0 Å². The third-order valence-electron chi connectivity index (χ3n) is 2.89.